The van der Waals surface area contributed by atoms with Crippen molar-refractivity contribution < 1.29 is 0 Å². The zero-order chi connectivity index (χ0) is 9.68. The lowest BCUT2D eigenvalue weighted by atomic mass is 9.95. The van der Waals surface area contributed by atoms with Crippen LogP contribution in [0.2, 0.25) is 0 Å². The topological polar surface area (TPSA) is 36.7 Å². The summed E-state index contributed by atoms with van der Waals surface area (Å²) in [6.45, 7) is 4.29. The van der Waals surface area contributed by atoms with Crippen molar-refractivity contribution in [2.24, 2.45) is 0 Å². The van der Waals surface area contributed by atoms with Crippen molar-refractivity contribution in [3.63, 3.8) is 0 Å². The average molecular weight is 174 g/mol. The van der Waals surface area contributed by atoms with Crippen molar-refractivity contribution in [3.05, 3.63) is 29.6 Å². The van der Waals surface area contributed by atoms with Crippen LogP contribution in [0, 0.1) is 11.3 Å². The lowest BCUT2D eigenvalue weighted by Crippen LogP contribution is -1.98. The predicted molar refractivity (Wildman–Crippen MR) is 52.3 cm³/mol. The molecule has 13 heavy (non-hydrogen) atoms. The summed E-state index contributed by atoms with van der Waals surface area (Å²) >= 11 is 0. The Morgan fingerprint density at radius 1 is 1.62 bits per heavy atom. The normalized spacial score (nSPS) is 12.1. The smallest absolute Gasteiger partial charge is 0.143 e. The molecule has 2 heteroatoms. The van der Waals surface area contributed by atoms with Gasteiger partial charge in [-0.15, -0.1) is 0 Å². The van der Waals surface area contributed by atoms with Gasteiger partial charge in [0, 0.05) is 6.20 Å². The molecule has 2 nitrogen and oxygen atoms in total. The summed E-state index contributed by atoms with van der Waals surface area (Å²) < 4.78 is 0. The van der Waals surface area contributed by atoms with Gasteiger partial charge < -0.3 is 0 Å². The van der Waals surface area contributed by atoms with Gasteiger partial charge in [-0.3, -0.25) is 0 Å². The van der Waals surface area contributed by atoms with Gasteiger partial charge in [-0.25, -0.2) is 4.98 Å². The SMILES string of the molecule is CCCC(C)c1cccnc1C#N. The molecule has 0 saturated heterocycles. The number of rotatable bonds is 3. The van der Waals surface area contributed by atoms with Crippen molar-refractivity contribution in [1.82, 2.24) is 4.98 Å². The maximum absolute atomic E-state index is 8.82. The van der Waals surface area contributed by atoms with Crippen LogP contribution >= 0.6 is 0 Å². The predicted octanol–water partition coefficient (Wildman–Crippen LogP) is 2.86. The van der Waals surface area contributed by atoms with E-state index in [2.05, 4.69) is 24.9 Å². The Balaban J connectivity index is 2.93. The molecule has 0 spiro atoms. The van der Waals surface area contributed by atoms with Gasteiger partial charge in [-0.1, -0.05) is 26.3 Å². The molecular weight excluding hydrogens is 160 g/mol. The Morgan fingerprint density at radius 3 is 3.00 bits per heavy atom. The first kappa shape index (κ1) is 9.73. The molecule has 0 amide bonds. The molecule has 0 aromatic carbocycles. The highest BCUT2D eigenvalue weighted by Gasteiger charge is 2.09. The zero-order valence-electron chi connectivity index (χ0n) is 8.12. The first-order chi connectivity index (χ1) is 6.29. The van der Waals surface area contributed by atoms with Gasteiger partial charge in [0.05, 0.1) is 0 Å². The van der Waals surface area contributed by atoms with Crippen LogP contribution in [0.4, 0.5) is 0 Å². The number of aromatic nitrogens is 1. The molecule has 0 N–H and O–H groups in total. The van der Waals surface area contributed by atoms with E-state index in [0.29, 0.717) is 11.6 Å². The molecule has 0 fully saturated rings. The van der Waals surface area contributed by atoms with Crippen LogP contribution < -0.4 is 0 Å². The first-order valence-corrected chi connectivity index (χ1v) is 4.64. The molecule has 1 aromatic heterocycles. The van der Waals surface area contributed by atoms with Crippen LogP contribution in [-0.4, -0.2) is 4.98 Å². The molecule has 0 aliphatic heterocycles. The second-order valence-corrected chi connectivity index (χ2v) is 3.24. The number of hydrogen-bond acceptors (Lipinski definition) is 2. The highest BCUT2D eigenvalue weighted by Crippen LogP contribution is 2.21. The molecule has 1 unspecified atom stereocenters. The Labute approximate surface area is 79.2 Å². The fourth-order valence-electron chi connectivity index (χ4n) is 1.50. The number of nitrogens with zero attached hydrogens (tertiary/aromatic N) is 2. The monoisotopic (exact) mass is 174 g/mol. The van der Waals surface area contributed by atoms with E-state index in [9.17, 15) is 0 Å². The van der Waals surface area contributed by atoms with E-state index in [-0.39, 0.29) is 0 Å². The molecule has 0 aliphatic rings. The standard InChI is InChI=1S/C11H14N2/c1-3-5-9(2)10-6-4-7-13-11(10)8-12/h4,6-7,9H,3,5H2,1-2H3. The lowest BCUT2D eigenvalue weighted by Gasteiger charge is -2.10. The minimum absolute atomic E-state index is 0.438. The summed E-state index contributed by atoms with van der Waals surface area (Å²) in [6, 6.07) is 6.01. The molecule has 0 saturated carbocycles. The lowest BCUT2D eigenvalue weighted by molar-refractivity contribution is 0.660. The van der Waals surface area contributed by atoms with Gasteiger partial charge in [-0.05, 0) is 24.0 Å². The summed E-state index contributed by atoms with van der Waals surface area (Å²) in [6.07, 6.45) is 3.92. The Hall–Kier alpha value is -1.36. The van der Waals surface area contributed by atoms with Gasteiger partial charge in [0.2, 0.25) is 0 Å². The quantitative estimate of drug-likeness (QED) is 0.706. The molecule has 0 radical (unpaired) electrons. The second-order valence-electron chi connectivity index (χ2n) is 3.24. The molecule has 1 rings (SSSR count). The number of pyridine rings is 1. The van der Waals surface area contributed by atoms with Gasteiger partial charge in [0.25, 0.3) is 0 Å². The van der Waals surface area contributed by atoms with Gasteiger partial charge in [-0.2, -0.15) is 5.26 Å². The van der Waals surface area contributed by atoms with Crippen LogP contribution in [0.3, 0.4) is 0 Å². The summed E-state index contributed by atoms with van der Waals surface area (Å²) in [5.74, 6) is 0.438. The van der Waals surface area contributed by atoms with Gasteiger partial charge in [0.1, 0.15) is 11.8 Å². The van der Waals surface area contributed by atoms with Gasteiger partial charge >= 0.3 is 0 Å². The highest BCUT2D eigenvalue weighted by molar-refractivity contribution is 5.32. The molecule has 1 heterocycles. The van der Waals surface area contributed by atoms with Crippen LogP contribution in [-0.2, 0) is 0 Å². The second kappa shape index (κ2) is 4.61. The summed E-state index contributed by atoms with van der Waals surface area (Å²) in [5, 5.41) is 8.82. The Morgan fingerprint density at radius 2 is 2.38 bits per heavy atom. The van der Waals surface area contributed by atoms with E-state index in [1.54, 1.807) is 6.20 Å². The fraction of sp³-hybridized carbons (Fsp3) is 0.455. The third-order valence-corrected chi connectivity index (χ3v) is 2.20. The summed E-state index contributed by atoms with van der Waals surface area (Å²) in [5.41, 5.74) is 1.65. The Bertz CT molecular complexity index is 312. The molecule has 68 valence electrons. The van der Waals surface area contributed by atoms with Crippen LogP contribution in [0.1, 0.15) is 43.9 Å². The van der Waals surface area contributed by atoms with Crippen LogP contribution in [0.5, 0.6) is 0 Å². The maximum Gasteiger partial charge on any atom is 0.143 e. The highest BCUT2D eigenvalue weighted by atomic mass is 14.7. The fourth-order valence-corrected chi connectivity index (χ4v) is 1.50. The molecular formula is C11H14N2. The van der Waals surface area contributed by atoms with E-state index in [0.717, 1.165) is 18.4 Å². The van der Waals surface area contributed by atoms with Crippen molar-refractivity contribution in [2.45, 2.75) is 32.6 Å². The van der Waals surface area contributed by atoms with E-state index >= 15 is 0 Å². The summed E-state index contributed by atoms with van der Waals surface area (Å²) in [4.78, 5) is 4.04. The molecule has 0 aliphatic carbocycles. The zero-order valence-corrected chi connectivity index (χ0v) is 8.12. The van der Waals surface area contributed by atoms with E-state index in [4.69, 9.17) is 5.26 Å². The van der Waals surface area contributed by atoms with Crippen molar-refractivity contribution in [1.29, 1.82) is 5.26 Å². The van der Waals surface area contributed by atoms with E-state index < -0.39 is 0 Å². The molecule has 0 bridgehead atoms. The average Bonchev–Trinajstić information content (AvgIpc) is 2.18. The summed E-state index contributed by atoms with van der Waals surface area (Å²) in [7, 11) is 0. The van der Waals surface area contributed by atoms with Crippen molar-refractivity contribution in [3.8, 4) is 6.07 Å². The van der Waals surface area contributed by atoms with E-state index in [1.807, 2.05) is 12.1 Å². The Kier molecular flexibility index (Phi) is 3.45. The van der Waals surface area contributed by atoms with Gasteiger partial charge in [0.15, 0.2) is 0 Å². The first-order valence-electron chi connectivity index (χ1n) is 4.64. The maximum atomic E-state index is 8.82. The molecule has 1 aromatic rings. The minimum Gasteiger partial charge on any atom is -0.245 e. The third-order valence-electron chi connectivity index (χ3n) is 2.20. The number of nitriles is 1. The van der Waals surface area contributed by atoms with E-state index in [1.165, 1.54) is 0 Å². The van der Waals surface area contributed by atoms with Crippen LogP contribution in [0.25, 0.3) is 0 Å². The molecule has 1 atom stereocenters. The largest absolute Gasteiger partial charge is 0.245 e. The van der Waals surface area contributed by atoms with Crippen molar-refractivity contribution >= 4 is 0 Å². The van der Waals surface area contributed by atoms with Crippen molar-refractivity contribution in [2.75, 3.05) is 0 Å². The number of hydrogen-bond donors (Lipinski definition) is 0. The minimum atomic E-state index is 0.438. The third kappa shape index (κ3) is 2.29. The van der Waals surface area contributed by atoms with Crippen LogP contribution in [0.15, 0.2) is 18.3 Å².